The number of benzene rings is 3. The van der Waals surface area contributed by atoms with Crippen molar-refractivity contribution in [2.45, 2.75) is 38.3 Å². The number of nitrogens with zero attached hydrogens (tertiary/aromatic N) is 6. The molecule has 0 aliphatic carbocycles. The van der Waals surface area contributed by atoms with Crippen LogP contribution in [0.1, 0.15) is 57.5 Å². The van der Waals surface area contributed by atoms with Crippen LogP contribution < -0.4 is 32.3 Å². The summed E-state index contributed by atoms with van der Waals surface area (Å²) in [6.07, 6.45) is 3.87. The van der Waals surface area contributed by atoms with Gasteiger partial charge in [0.25, 0.3) is 11.8 Å². The van der Waals surface area contributed by atoms with E-state index in [4.69, 9.17) is 17.2 Å². The molecule has 0 bridgehead atoms. The Morgan fingerprint density at radius 1 is 0.767 bits per heavy atom. The van der Waals surface area contributed by atoms with Crippen LogP contribution in [0.4, 0.5) is 15.8 Å². The molecule has 5 heterocycles. The van der Waals surface area contributed by atoms with Gasteiger partial charge in [0.05, 0.1) is 22.5 Å². The van der Waals surface area contributed by atoms with E-state index < -0.39 is 29.7 Å². The Bertz CT molecular complexity index is 2220. The van der Waals surface area contributed by atoms with Gasteiger partial charge in [0.2, 0.25) is 11.8 Å². The lowest BCUT2D eigenvalue weighted by Crippen LogP contribution is -2.54. The summed E-state index contributed by atoms with van der Waals surface area (Å²) in [6.45, 7) is 9.26. The largest absolute Gasteiger partial charge is 0.507 e. The van der Waals surface area contributed by atoms with E-state index in [-0.39, 0.29) is 35.8 Å². The van der Waals surface area contributed by atoms with Gasteiger partial charge in [-0.05, 0) is 79.3 Å². The number of nitrogens with one attached hydrogen (secondary N) is 1. The molecular formula is C44H53FN10O5. The minimum absolute atomic E-state index is 0.0813. The first-order valence-corrected chi connectivity index (χ1v) is 20.8. The molecule has 5 aliphatic heterocycles. The second-order valence-electron chi connectivity index (χ2n) is 16.4. The Morgan fingerprint density at radius 2 is 1.47 bits per heavy atom. The van der Waals surface area contributed by atoms with E-state index in [9.17, 15) is 24.3 Å². The van der Waals surface area contributed by atoms with Gasteiger partial charge in [0, 0.05) is 102 Å². The van der Waals surface area contributed by atoms with Crippen molar-refractivity contribution in [1.82, 2.24) is 24.9 Å². The van der Waals surface area contributed by atoms with Gasteiger partial charge in [-0.1, -0.05) is 18.2 Å². The smallest absolute Gasteiger partial charge is 0.262 e. The van der Waals surface area contributed by atoms with Gasteiger partial charge in [-0.3, -0.25) is 39.2 Å². The summed E-state index contributed by atoms with van der Waals surface area (Å²) in [5.41, 5.74) is 22.9. The number of hydrogen-bond donors (Lipinski definition) is 5. The minimum atomic E-state index is -0.983. The van der Waals surface area contributed by atoms with E-state index in [1.165, 1.54) is 0 Å². The number of phenols is 1. The number of rotatable bonds is 10. The van der Waals surface area contributed by atoms with Crippen molar-refractivity contribution in [3.05, 3.63) is 106 Å². The summed E-state index contributed by atoms with van der Waals surface area (Å²) < 4.78 is 15.6. The molecule has 1 unspecified atom stereocenters. The highest BCUT2D eigenvalue weighted by Gasteiger charge is 2.45. The first-order chi connectivity index (χ1) is 28.9. The number of hydrogen-bond acceptors (Lipinski definition) is 13. The summed E-state index contributed by atoms with van der Waals surface area (Å²) in [4.78, 5) is 62.7. The predicted octanol–water partition coefficient (Wildman–Crippen LogP) is 2.18. The van der Waals surface area contributed by atoms with Crippen LogP contribution in [0.25, 0.3) is 5.70 Å². The zero-order chi connectivity index (χ0) is 42.1. The van der Waals surface area contributed by atoms with Crippen molar-refractivity contribution >= 4 is 40.7 Å². The van der Waals surface area contributed by atoms with Crippen LogP contribution in [0.5, 0.6) is 5.75 Å². The van der Waals surface area contributed by atoms with Crippen molar-refractivity contribution in [3.63, 3.8) is 0 Å². The minimum Gasteiger partial charge on any atom is -0.507 e. The molecule has 4 fully saturated rings. The van der Waals surface area contributed by atoms with Crippen LogP contribution >= 0.6 is 0 Å². The molecule has 4 saturated heterocycles. The summed E-state index contributed by atoms with van der Waals surface area (Å²) in [5.74, 6) is -1.47. The van der Waals surface area contributed by atoms with Crippen molar-refractivity contribution in [1.29, 1.82) is 0 Å². The van der Waals surface area contributed by atoms with Gasteiger partial charge in [-0.2, -0.15) is 0 Å². The van der Waals surface area contributed by atoms with E-state index in [2.05, 4.69) is 29.8 Å². The lowest BCUT2D eigenvalue weighted by molar-refractivity contribution is -0.136. The lowest BCUT2D eigenvalue weighted by atomic mass is 9.95. The first-order valence-electron chi connectivity index (χ1n) is 20.8. The number of amides is 4. The molecule has 8 rings (SSSR count). The highest BCUT2D eigenvalue weighted by molar-refractivity contribution is 6.23. The number of halogens is 1. The summed E-state index contributed by atoms with van der Waals surface area (Å²) >= 11 is 0. The number of para-hydroxylation sites is 1. The Morgan fingerprint density at radius 3 is 2.15 bits per heavy atom. The van der Waals surface area contributed by atoms with E-state index in [1.54, 1.807) is 48.5 Å². The van der Waals surface area contributed by atoms with Crippen LogP contribution in [0.2, 0.25) is 0 Å². The van der Waals surface area contributed by atoms with Crippen molar-refractivity contribution in [3.8, 4) is 5.75 Å². The fraction of sp³-hybridized carbons (Fsp3) is 0.409. The molecule has 8 N–H and O–H groups in total. The van der Waals surface area contributed by atoms with E-state index >= 15 is 4.39 Å². The van der Waals surface area contributed by atoms with Gasteiger partial charge in [0.15, 0.2) is 0 Å². The van der Waals surface area contributed by atoms with Crippen molar-refractivity contribution in [2.24, 2.45) is 23.1 Å². The Kier molecular flexibility index (Phi) is 11.7. The molecule has 16 heteroatoms. The molecule has 3 aromatic rings. The maximum absolute atomic E-state index is 15.6. The fourth-order valence-electron chi connectivity index (χ4n) is 9.18. The summed E-state index contributed by atoms with van der Waals surface area (Å²) in [6, 6.07) is 16.8. The molecule has 0 radical (unpaired) electrons. The number of phenolic OH excluding ortho intramolecular Hbond substituents is 1. The van der Waals surface area contributed by atoms with Gasteiger partial charge >= 0.3 is 0 Å². The molecule has 4 amide bonds. The SMILES string of the molecule is NC(N)=C(/C=C(\N)c1ccccc1O)N1CCN(Cc2ccc(N3CCC(CN4CCN(c5ccc6c(c5)C(=O)N(C5CCC(=O)NC5=O)C6=O)CC4)CC3)c(F)c2)CC1. The zero-order valence-electron chi connectivity index (χ0n) is 33.7. The summed E-state index contributed by atoms with van der Waals surface area (Å²) in [7, 11) is 0. The van der Waals surface area contributed by atoms with Crippen LogP contribution in [0, 0.1) is 11.7 Å². The van der Waals surface area contributed by atoms with E-state index in [1.807, 2.05) is 18.2 Å². The van der Waals surface area contributed by atoms with Gasteiger partial charge < -0.3 is 37.0 Å². The van der Waals surface area contributed by atoms with Gasteiger partial charge in [-0.15, -0.1) is 0 Å². The molecule has 0 spiro atoms. The van der Waals surface area contributed by atoms with Gasteiger partial charge in [-0.25, -0.2) is 4.39 Å². The Balaban J connectivity index is 0.780. The standard InChI is InChI=1S/C44H53FN10O5/c45-34-23-29(27-51-17-21-54(22-18-51)38(41(47)48)25-35(46)32-3-1-2-4-39(32)56)5-8-36(34)53-13-11-28(12-14-53)26-50-15-19-52(20-16-50)30-6-7-31-33(24-30)44(60)55(43(31)59)37-9-10-40(57)49-42(37)58/h1-8,23-25,28,37,56H,9-22,26-27,46-48H2,(H,49,57,58)/b35-25-. The second kappa shape index (κ2) is 17.2. The topological polar surface area (TPSA) is 198 Å². The first kappa shape index (κ1) is 40.6. The highest BCUT2D eigenvalue weighted by Crippen LogP contribution is 2.32. The molecule has 316 valence electrons. The van der Waals surface area contributed by atoms with Gasteiger partial charge in [0.1, 0.15) is 23.4 Å². The quantitative estimate of drug-likeness (QED) is 0.148. The number of fused-ring (bicyclic) bond motifs is 1. The normalized spacial score (nSPS) is 21.1. The maximum Gasteiger partial charge on any atom is 0.262 e. The van der Waals surface area contributed by atoms with Crippen molar-refractivity contribution in [2.75, 3.05) is 81.8 Å². The number of allylic oxidation sites excluding steroid dienone is 1. The highest BCUT2D eigenvalue weighted by atomic mass is 19.1. The molecule has 15 nitrogen and oxygen atoms in total. The van der Waals surface area contributed by atoms with Crippen LogP contribution in [0.15, 0.2) is 78.3 Å². The second-order valence-corrected chi connectivity index (χ2v) is 16.4. The Labute approximate surface area is 348 Å². The number of imide groups is 2. The average molecular weight is 821 g/mol. The van der Waals surface area contributed by atoms with E-state index in [0.717, 1.165) is 87.9 Å². The average Bonchev–Trinajstić information content (AvgIpc) is 3.48. The maximum atomic E-state index is 15.6. The Hall–Kier alpha value is -6.13. The molecule has 1 atom stereocenters. The monoisotopic (exact) mass is 820 g/mol. The zero-order valence-corrected chi connectivity index (χ0v) is 33.7. The number of nitrogens with two attached hydrogens (primary N) is 3. The third-order valence-electron chi connectivity index (χ3n) is 12.6. The third-order valence-corrected chi connectivity index (χ3v) is 12.6. The summed E-state index contributed by atoms with van der Waals surface area (Å²) in [5, 5.41) is 12.5. The molecule has 5 aliphatic rings. The molecular weight excluding hydrogens is 768 g/mol. The molecule has 0 saturated carbocycles. The number of anilines is 2. The van der Waals surface area contributed by atoms with Crippen molar-refractivity contribution < 1.29 is 28.7 Å². The number of piperidine rings is 2. The number of piperazine rings is 2. The van der Waals surface area contributed by atoms with E-state index in [0.29, 0.717) is 53.8 Å². The number of aromatic hydroxyl groups is 1. The molecule has 3 aromatic carbocycles. The molecule has 0 aromatic heterocycles. The fourth-order valence-corrected chi connectivity index (χ4v) is 9.18. The third kappa shape index (κ3) is 8.47. The molecule has 60 heavy (non-hydrogen) atoms. The predicted molar refractivity (Wildman–Crippen MR) is 226 cm³/mol. The lowest BCUT2D eigenvalue weighted by Gasteiger charge is -2.40. The van der Waals surface area contributed by atoms with Crippen LogP contribution in [-0.4, -0.2) is 126 Å². The number of carbonyl (C=O) groups excluding carboxylic acids is 4. The van der Waals surface area contributed by atoms with Crippen LogP contribution in [-0.2, 0) is 16.1 Å². The number of carbonyl (C=O) groups is 4. The van der Waals surface area contributed by atoms with Crippen LogP contribution in [0.3, 0.4) is 0 Å².